The molecule has 0 amide bonds. The topological polar surface area (TPSA) is 0 Å². The first-order valence-corrected chi connectivity index (χ1v) is 1.87. The van der Waals surface area contributed by atoms with Gasteiger partial charge in [0.25, 0.3) is 0 Å². The van der Waals surface area contributed by atoms with Gasteiger partial charge in [-0.2, -0.15) is 13.5 Å². The molecule has 0 bridgehead atoms. The first-order chi connectivity index (χ1) is 2.27. The average Bonchev–Trinajstić information content (AvgIpc) is 1.38. The van der Waals surface area contributed by atoms with Crippen molar-refractivity contribution in [2.45, 2.75) is 20.8 Å². The van der Waals surface area contributed by atoms with Gasteiger partial charge < -0.3 is 0 Å². The van der Waals surface area contributed by atoms with Gasteiger partial charge in [0.2, 0.25) is 0 Å². The Hall–Kier alpha value is 0.0900. The van der Waals surface area contributed by atoms with Gasteiger partial charge in [-0.25, -0.2) is 0 Å². The molecule has 0 aliphatic heterocycles. The predicted octanol–water partition coefficient (Wildman–Crippen LogP) is 2.09. The number of hydrogen-bond donors (Lipinski definition) is 0. The molecule has 0 radical (unpaired) electrons. The molecule has 0 aromatic carbocycles. The van der Waals surface area contributed by atoms with E-state index in [2.05, 4.69) is 19.9 Å². The van der Waals surface area contributed by atoms with E-state index in [4.69, 9.17) is 0 Å². The van der Waals surface area contributed by atoms with Crippen LogP contribution in [0.25, 0.3) is 0 Å². The molecule has 0 aromatic rings. The summed E-state index contributed by atoms with van der Waals surface area (Å²) in [5.74, 6) is 0. The molecule has 0 unspecified atom stereocenters. The molecule has 1 heteroatoms. The van der Waals surface area contributed by atoms with E-state index in [1.807, 2.05) is 6.92 Å². The number of allylic oxidation sites excluding steroid dienone is 2. The molecule has 0 saturated heterocycles. The molecular formula is C5H12S. The summed E-state index contributed by atoms with van der Waals surface area (Å²) in [5.41, 5.74) is 1.38. The monoisotopic (exact) mass is 104 g/mol. The van der Waals surface area contributed by atoms with E-state index in [1.165, 1.54) is 5.57 Å². The molecule has 0 N–H and O–H groups in total. The fourth-order valence-electron chi connectivity index (χ4n) is 0. The highest BCUT2D eigenvalue weighted by Crippen LogP contribution is 1.82. The largest absolute Gasteiger partial charge is 0.197 e. The molecule has 0 aliphatic carbocycles. The van der Waals surface area contributed by atoms with E-state index < -0.39 is 0 Å². The minimum Gasteiger partial charge on any atom is -0.197 e. The molecular weight excluding hydrogens is 92.1 g/mol. The number of hydrogen-bond acceptors (Lipinski definition) is 0. The summed E-state index contributed by atoms with van der Waals surface area (Å²) < 4.78 is 0. The zero-order chi connectivity index (χ0) is 4.28. The van der Waals surface area contributed by atoms with Crippen molar-refractivity contribution >= 4 is 13.5 Å². The summed E-state index contributed by atoms with van der Waals surface area (Å²) in [6.07, 6.45) is 2.08. The van der Waals surface area contributed by atoms with Gasteiger partial charge in [0.05, 0.1) is 0 Å². The highest BCUT2D eigenvalue weighted by molar-refractivity contribution is 7.59. The Balaban J connectivity index is 0. The fraction of sp³-hybridized carbons (Fsp3) is 0.600. The highest BCUT2D eigenvalue weighted by Gasteiger charge is 1.60. The SMILES string of the molecule is CC=C(C)C.S. The molecule has 0 heterocycles. The van der Waals surface area contributed by atoms with Crippen LogP contribution in [0.3, 0.4) is 0 Å². The highest BCUT2D eigenvalue weighted by atomic mass is 32.1. The van der Waals surface area contributed by atoms with Crippen LogP contribution in [-0.4, -0.2) is 0 Å². The summed E-state index contributed by atoms with van der Waals surface area (Å²) in [6, 6.07) is 0. The van der Waals surface area contributed by atoms with Crippen molar-refractivity contribution in [1.29, 1.82) is 0 Å². The van der Waals surface area contributed by atoms with Gasteiger partial charge in [0.1, 0.15) is 0 Å². The third kappa shape index (κ3) is 8.94. The van der Waals surface area contributed by atoms with Gasteiger partial charge in [-0.1, -0.05) is 11.6 Å². The van der Waals surface area contributed by atoms with Crippen molar-refractivity contribution in [3.05, 3.63) is 11.6 Å². The Kier molecular flexibility index (Phi) is 8.00. The minimum atomic E-state index is 0. The van der Waals surface area contributed by atoms with Gasteiger partial charge >= 0.3 is 0 Å². The van der Waals surface area contributed by atoms with Crippen LogP contribution in [0, 0.1) is 0 Å². The van der Waals surface area contributed by atoms with E-state index in [0.29, 0.717) is 0 Å². The quantitative estimate of drug-likeness (QED) is 0.413. The van der Waals surface area contributed by atoms with Crippen LogP contribution in [0.2, 0.25) is 0 Å². The van der Waals surface area contributed by atoms with Gasteiger partial charge in [-0.05, 0) is 20.8 Å². The summed E-state index contributed by atoms with van der Waals surface area (Å²) >= 11 is 0. The summed E-state index contributed by atoms with van der Waals surface area (Å²) in [5, 5.41) is 0. The third-order valence-corrected chi connectivity index (χ3v) is 0.577. The van der Waals surface area contributed by atoms with E-state index in [-0.39, 0.29) is 13.5 Å². The molecule has 0 nitrogen and oxygen atoms in total. The molecule has 0 rings (SSSR count). The molecule has 0 saturated carbocycles. The van der Waals surface area contributed by atoms with E-state index in [1.54, 1.807) is 0 Å². The lowest BCUT2D eigenvalue weighted by Crippen LogP contribution is -1.52. The van der Waals surface area contributed by atoms with Gasteiger partial charge in [-0.15, -0.1) is 0 Å². The second kappa shape index (κ2) is 5.09. The van der Waals surface area contributed by atoms with E-state index >= 15 is 0 Å². The Morgan fingerprint density at radius 1 is 1.33 bits per heavy atom. The Labute approximate surface area is 46.7 Å². The second-order valence-electron chi connectivity index (χ2n) is 1.37. The van der Waals surface area contributed by atoms with E-state index in [9.17, 15) is 0 Å². The van der Waals surface area contributed by atoms with Crippen molar-refractivity contribution < 1.29 is 0 Å². The maximum absolute atomic E-state index is 2.08. The molecule has 0 aliphatic rings. The summed E-state index contributed by atoms with van der Waals surface area (Å²) in [7, 11) is 0. The van der Waals surface area contributed by atoms with Crippen molar-refractivity contribution in [3.63, 3.8) is 0 Å². The maximum atomic E-state index is 2.08. The molecule has 6 heavy (non-hydrogen) atoms. The Morgan fingerprint density at radius 2 is 1.50 bits per heavy atom. The minimum absolute atomic E-state index is 0. The zero-order valence-electron chi connectivity index (χ0n) is 4.58. The Morgan fingerprint density at radius 3 is 1.50 bits per heavy atom. The van der Waals surface area contributed by atoms with Crippen LogP contribution >= 0.6 is 13.5 Å². The van der Waals surface area contributed by atoms with Crippen LogP contribution in [0.15, 0.2) is 11.6 Å². The zero-order valence-corrected chi connectivity index (χ0v) is 5.58. The lowest BCUT2D eigenvalue weighted by atomic mass is 10.3. The van der Waals surface area contributed by atoms with Gasteiger partial charge in [0, 0.05) is 0 Å². The second-order valence-corrected chi connectivity index (χ2v) is 1.37. The summed E-state index contributed by atoms with van der Waals surface area (Å²) in [4.78, 5) is 0. The third-order valence-electron chi connectivity index (χ3n) is 0.577. The van der Waals surface area contributed by atoms with Gasteiger partial charge in [-0.3, -0.25) is 0 Å². The molecule has 0 fully saturated rings. The normalized spacial score (nSPS) is 5.83. The fourth-order valence-corrected chi connectivity index (χ4v) is 0. The molecule has 0 aromatic heterocycles. The van der Waals surface area contributed by atoms with Crippen LogP contribution in [0.4, 0.5) is 0 Å². The van der Waals surface area contributed by atoms with Crippen LogP contribution in [0.1, 0.15) is 20.8 Å². The van der Waals surface area contributed by atoms with Gasteiger partial charge in [0.15, 0.2) is 0 Å². The first kappa shape index (κ1) is 9.43. The first-order valence-electron chi connectivity index (χ1n) is 1.87. The lowest BCUT2D eigenvalue weighted by molar-refractivity contribution is 1.36. The smallest absolute Gasteiger partial charge is 0.0442 e. The molecule has 38 valence electrons. The summed E-state index contributed by atoms with van der Waals surface area (Å²) in [6.45, 7) is 6.20. The van der Waals surface area contributed by atoms with E-state index in [0.717, 1.165) is 0 Å². The Bertz CT molecular complexity index is 41.9. The van der Waals surface area contributed by atoms with Crippen molar-refractivity contribution in [3.8, 4) is 0 Å². The average molecular weight is 104 g/mol. The van der Waals surface area contributed by atoms with Crippen molar-refractivity contribution in [1.82, 2.24) is 0 Å². The molecule has 0 atom stereocenters. The van der Waals surface area contributed by atoms with Crippen molar-refractivity contribution in [2.24, 2.45) is 0 Å². The maximum Gasteiger partial charge on any atom is -0.0442 e. The predicted molar refractivity (Wildman–Crippen MR) is 35.5 cm³/mol. The van der Waals surface area contributed by atoms with Crippen LogP contribution < -0.4 is 0 Å². The number of rotatable bonds is 0. The lowest BCUT2D eigenvalue weighted by Gasteiger charge is -1.74. The standard InChI is InChI=1S/C5H10.H2S/c1-4-5(2)3;/h4H,1-3H3;1H2. The van der Waals surface area contributed by atoms with Crippen molar-refractivity contribution in [2.75, 3.05) is 0 Å². The van der Waals surface area contributed by atoms with Crippen LogP contribution in [-0.2, 0) is 0 Å². The van der Waals surface area contributed by atoms with Crippen LogP contribution in [0.5, 0.6) is 0 Å². The molecule has 0 spiro atoms.